The summed E-state index contributed by atoms with van der Waals surface area (Å²) in [6.07, 6.45) is 1.51. The van der Waals surface area contributed by atoms with Gasteiger partial charge in [-0.05, 0) is 62.9 Å². The Hall–Kier alpha value is -2.64. The number of hydrogen-bond acceptors (Lipinski definition) is 4. The van der Waals surface area contributed by atoms with E-state index in [-0.39, 0.29) is 41.0 Å². The Bertz CT molecular complexity index is 1150. The van der Waals surface area contributed by atoms with Crippen molar-refractivity contribution in [1.29, 1.82) is 0 Å². The highest BCUT2D eigenvalue weighted by molar-refractivity contribution is 6.30. The maximum absolute atomic E-state index is 15.2. The van der Waals surface area contributed by atoms with Crippen molar-refractivity contribution in [2.45, 2.75) is 58.0 Å². The molecule has 2 aliphatic rings. The molecule has 0 saturated carbocycles. The normalized spacial score (nSPS) is 23.2. The smallest absolute Gasteiger partial charge is 0.227 e. The number of carbonyl (C=O) groups excluding carboxylic acids is 2. The molecule has 2 aliphatic heterocycles. The van der Waals surface area contributed by atoms with E-state index in [2.05, 4.69) is 25.7 Å². The molecule has 0 aliphatic carbocycles. The third kappa shape index (κ3) is 6.15. The number of ether oxygens (including phenoxy) is 1. The van der Waals surface area contributed by atoms with Crippen molar-refractivity contribution in [2.75, 3.05) is 39.8 Å². The van der Waals surface area contributed by atoms with Gasteiger partial charge in [-0.3, -0.25) is 14.5 Å². The summed E-state index contributed by atoms with van der Waals surface area (Å²) in [6, 6.07) is 12.5. The van der Waals surface area contributed by atoms with Crippen molar-refractivity contribution in [2.24, 2.45) is 5.92 Å². The van der Waals surface area contributed by atoms with E-state index < -0.39 is 0 Å². The van der Waals surface area contributed by atoms with Crippen LogP contribution in [0.3, 0.4) is 0 Å². The molecule has 38 heavy (non-hydrogen) atoms. The van der Waals surface area contributed by atoms with Gasteiger partial charge < -0.3 is 14.5 Å². The van der Waals surface area contributed by atoms with Gasteiger partial charge in [0, 0.05) is 62.2 Å². The van der Waals surface area contributed by atoms with E-state index in [0.717, 1.165) is 18.4 Å². The number of amides is 2. The molecule has 2 fully saturated rings. The van der Waals surface area contributed by atoms with Crippen LogP contribution in [0.2, 0.25) is 5.02 Å². The second-order valence-electron chi connectivity index (χ2n) is 11.4. The molecule has 2 aromatic rings. The van der Waals surface area contributed by atoms with Gasteiger partial charge in [0.05, 0.1) is 19.1 Å². The Morgan fingerprint density at radius 1 is 1.03 bits per heavy atom. The highest BCUT2D eigenvalue weighted by Crippen LogP contribution is 2.39. The fraction of sp³-hybridized carbons (Fsp3) is 0.533. The lowest BCUT2D eigenvalue weighted by Crippen LogP contribution is -2.47. The van der Waals surface area contributed by atoms with Crippen LogP contribution in [0.1, 0.15) is 63.6 Å². The number of rotatable bonds is 4. The molecular formula is C30H39ClFN3O3. The molecular weight excluding hydrogens is 505 g/mol. The number of carbonyl (C=O) groups is 2. The van der Waals surface area contributed by atoms with Crippen LogP contribution in [-0.2, 0) is 9.59 Å². The Balaban J connectivity index is 1.56. The number of benzene rings is 2. The van der Waals surface area contributed by atoms with Crippen LogP contribution in [0.5, 0.6) is 5.75 Å². The standard InChI is InChI=1S/C30H39ClFN3O3/c1-20(36)35-16-15-33(14-6-7-28(35)21-8-10-22(31)11-9-21)29(37)26-19-34(30(2,3)4)18-25(26)24-13-12-23(38-5)17-27(24)32/h8-13,17,25-26,28H,6-7,14-16,18-19H2,1-5H3/t25-,26+,28-/m0/s1. The molecule has 3 atom stereocenters. The molecule has 8 heteroatoms. The average Bonchev–Trinajstić information content (AvgIpc) is 3.30. The molecule has 2 amide bonds. The second-order valence-corrected chi connectivity index (χ2v) is 11.9. The van der Waals surface area contributed by atoms with Crippen LogP contribution in [0.25, 0.3) is 0 Å². The minimum Gasteiger partial charge on any atom is -0.497 e. The Morgan fingerprint density at radius 3 is 2.34 bits per heavy atom. The van der Waals surface area contributed by atoms with Crippen molar-refractivity contribution >= 4 is 23.4 Å². The van der Waals surface area contributed by atoms with Gasteiger partial charge in [0.1, 0.15) is 11.6 Å². The molecule has 0 radical (unpaired) electrons. The molecule has 2 aromatic carbocycles. The number of nitrogens with zero attached hydrogens (tertiary/aromatic N) is 3. The van der Waals surface area contributed by atoms with Gasteiger partial charge >= 0.3 is 0 Å². The molecule has 0 bridgehead atoms. The summed E-state index contributed by atoms with van der Waals surface area (Å²) in [7, 11) is 1.52. The van der Waals surface area contributed by atoms with Crippen LogP contribution in [0, 0.1) is 11.7 Å². The fourth-order valence-electron chi connectivity index (χ4n) is 5.84. The summed E-state index contributed by atoms with van der Waals surface area (Å²) in [5.74, 6) is -0.493. The van der Waals surface area contributed by atoms with Gasteiger partial charge in [0.2, 0.25) is 11.8 Å². The van der Waals surface area contributed by atoms with Crippen LogP contribution < -0.4 is 4.74 Å². The highest BCUT2D eigenvalue weighted by atomic mass is 35.5. The van der Waals surface area contributed by atoms with Gasteiger partial charge in [-0.25, -0.2) is 4.39 Å². The minimum atomic E-state index is -0.366. The van der Waals surface area contributed by atoms with Crippen LogP contribution >= 0.6 is 11.6 Å². The van der Waals surface area contributed by atoms with E-state index in [9.17, 15) is 9.59 Å². The van der Waals surface area contributed by atoms with E-state index in [0.29, 0.717) is 49.1 Å². The monoisotopic (exact) mass is 543 g/mol. The first-order valence-electron chi connectivity index (χ1n) is 13.4. The summed E-state index contributed by atoms with van der Waals surface area (Å²) < 4.78 is 20.4. The molecule has 2 saturated heterocycles. The zero-order valence-electron chi connectivity index (χ0n) is 23.0. The van der Waals surface area contributed by atoms with Gasteiger partial charge in [-0.2, -0.15) is 0 Å². The van der Waals surface area contributed by atoms with E-state index >= 15 is 4.39 Å². The maximum Gasteiger partial charge on any atom is 0.227 e. The molecule has 0 aromatic heterocycles. The summed E-state index contributed by atoms with van der Waals surface area (Å²) >= 11 is 6.09. The lowest BCUT2D eigenvalue weighted by atomic mass is 9.87. The highest BCUT2D eigenvalue weighted by Gasteiger charge is 2.44. The molecule has 2 heterocycles. The first kappa shape index (κ1) is 28.4. The van der Waals surface area contributed by atoms with E-state index in [4.69, 9.17) is 16.3 Å². The summed E-state index contributed by atoms with van der Waals surface area (Å²) in [5, 5.41) is 0.662. The molecule has 0 N–H and O–H groups in total. The number of methoxy groups -OCH3 is 1. The predicted molar refractivity (Wildman–Crippen MR) is 148 cm³/mol. The summed E-state index contributed by atoms with van der Waals surface area (Å²) in [4.78, 5) is 32.7. The lowest BCUT2D eigenvalue weighted by Gasteiger charge is -2.38. The lowest BCUT2D eigenvalue weighted by molar-refractivity contribution is -0.139. The zero-order chi connectivity index (χ0) is 27.6. The molecule has 206 valence electrons. The Morgan fingerprint density at radius 2 is 1.74 bits per heavy atom. The number of likely N-dealkylation sites (tertiary alicyclic amines) is 1. The van der Waals surface area contributed by atoms with Gasteiger partial charge in [-0.15, -0.1) is 0 Å². The third-order valence-electron chi connectivity index (χ3n) is 8.06. The topological polar surface area (TPSA) is 53.1 Å². The number of hydrogen-bond donors (Lipinski definition) is 0. The first-order chi connectivity index (χ1) is 18.0. The SMILES string of the molecule is COc1ccc([C@@H]2CN(C(C)(C)C)C[C@H]2C(=O)N2CCC[C@@H](c3ccc(Cl)cc3)N(C(C)=O)CC2)c(F)c1. The Labute approximate surface area is 230 Å². The minimum absolute atomic E-state index is 0.0165. The maximum atomic E-state index is 15.2. The molecule has 0 spiro atoms. The van der Waals surface area contributed by atoms with Gasteiger partial charge in [-0.1, -0.05) is 29.8 Å². The Kier molecular flexibility index (Phi) is 8.68. The van der Waals surface area contributed by atoms with Crippen molar-refractivity contribution < 1.29 is 18.7 Å². The van der Waals surface area contributed by atoms with Gasteiger partial charge in [0.25, 0.3) is 0 Å². The molecule has 0 unspecified atom stereocenters. The summed E-state index contributed by atoms with van der Waals surface area (Å²) in [6.45, 7) is 10.6. The molecule has 6 nitrogen and oxygen atoms in total. The van der Waals surface area contributed by atoms with Crippen molar-refractivity contribution in [3.8, 4) is 5.75 Å². The van der Waals surface area contributed by atoms with Crippen molar-refractivity contribution in [3.63, 3.8) is 0 Å². The van der Waals surface area contributed by atoms with Crippen molar-refractivity contribution in [3.05, 3.63) is 64.4 Å². The van der Waals surface area contributed by atoms with Gasteiger partial charge in [0.15, 0.2) is 0 Å². The average molecular weight is 544 g/mol. The van der Waals surface area contributed by atoms with Crippen molar-refractivity contribution in [1.82, 2.24) is 14.7 Å². The predicted octanol–water partition coefficient (Wildman–Crippen LogP) is 5.51. The van der Waals surface area contributed by atoms with E-state index in [1.165, 1.54) is 13.2 Å². The number of halogens is 2. The van der Waals surface area contributed by atoms with Crippen LogP contribution in [0.4, 0.5) is 4.39 Å². The largest absolute Gasteiger partial charge is 0.497 e. The summed E-state index contributed by atoms with van der Waals surface area (Å²) in [5.41, 5.74) is 1.45. The van der Waals surface area contributed by atoms with Crippen LogP contribution in [-0.4, -0.2) is 71.9 Å². The molecule has 4 rings (SSSR count). The third-order valence-corrected chi connectivity index (χ3v) is 8.31. The zero-order valence-corrected chi connectivity index (χ0v) is 23.8. The first-order valence-corrected chi connectivity index (χ1v) is 13.8. The fourth-order valence-corrected chi connectivity index (χ4v) is 5.97. The van der Waals surface area contributed by atoms with E-state index in [1.807, 2.05) is 34.1 Å². The van der Waals surface area contributed by atoms with Crippen LogP contribution in [0.15, 0.2) is 42.5 Å². The van der Waals surface area contributed by atoms with E-state index in [1.54, 1.807) is 19.1 Å². The quantitative estimate of drug-likeness (QED) is 0.510. The second kappa shape index (κ2) is 11.6.